The molecule has 0 amide bonds. The molecule has 3 heteroatoms. The molecule has 0 spiro atoms. The average Bonchev–Trinajstić information content (AvgIpc) is 2.18. The Kier molecular flexibility index (Phi) is 3.04. The van der Waals surface area contributed by atoms with Crippen LogP contribution in [-0.2, 0) is 0 Å². The van der Waals surface area contributed by atoms with Crippen molar-refractivity contribution < 1.29 is 4.74 Å². The highest BCUT2D eigenvalue weighted by Crippen LogP contribution is 2.12. The lowest BCUT2D eigenvalue weighted by atomic mass is 10.1. The number of nitriles is 1. The van der Waals surface area contributed by atoms with Gasteiger partial charge in [0.1, 0.15) is 5.75 Å². The molecule has 0 aliphatic heterocycles. The van der Waals surface area contributed by atoms with Crippen molar-refractivity contribution in [3.63, 3.8) is 0 Å². The van der Waals surface area contributed by atoms with Crippen LogP contribution in [0.4, 0.5) is 0 Å². The fourth-order valence-corrected chi connectivity index (χ4v) is 0.973. The van der Waals surface area contributed by atoms with Crippen LogP contribution in [0.3, 0.4) is 0 Å². The average molecular weight is 174 g/mol. The fraction of sp³-hybridized carbons (Fsp3) is 0.200. The van der Waals surface area contributed by atoms with Crippen LogP contribution in [0.15, 0.2) is 24.3 Å². The Morgan fingerprint density at radius 2 is 2.08 bits per heavy atom. The third-order valence-corrected chi connectivity index (χ3v) is 1.69. The molecule has 1 aromatic carbocycles. The summed E-state index contributed by atoms with van der Waals surface area (Å²) in [7, 11) is 1.59. The Bertz CT molecular complexity index is 335. The van der Waals surface area contributed by atoms with Crippen molar-refractivity contribution >= 4 is 5.71 Å². The Hall–Kier alpha value is -1.82. The molecule has 66 valence electrons. The highest BCUT2D eigenvalue weighted by molar-refractivity contribution is 5.99. The van der Waals surface area contributed by atoms with Crippen LogP contribution >= 0.6 is 0 Å². The molecule has 0 radical (unpaired) electrons. The minimum atomic E-state index is 0.145. The molecular formula is C10H10N2O. The van der Waals surface area contributed by atoms with E-state index in [4.69, 9.17) is 15.4 Å². The predicted octanol–water partition coefficient (Wildman–Crippen LogP) is 1.98. The van der Waals surface area contributed by atoms with Gasteiger partial charge >= 0.3 is 0 Å². The molecule has 0 unspecified atom stereocenters. The van der Waals surface area contributed by atoms with E-state index in [1.165, 1.54) is 0 Å². The molecule has 0 fully saturated rings. The lowest BCUT2D eigenvalue weighted by molar-refractivity contribution is 0.415. The Morgan fingerprint density at radius 1 is 1.46 bits per heavy atom. The first kappa shape index (κ1) is 9.27. The lowest BCUT2D eigenvalue weighted by Gasteiger charge is -2.01. The number of methoxy groups -OCH3 is 1. The van der Waals surface area contributed by atoms with Gasteiger partial charge in [0, 0.05) is 0 Å². The van der Waals surface area contributed by atoms with E-state index in [1.807, 2.05) is 6.07 Å². The van der Waals surface area contributed by atoms with Crippen molar-refractivity contribution in [2.75, 3.05) is 7.11 Å². The Morgan fingerprint density at radius 3 is 2.54 bits per heavy atom. The maximum atomic E-state index is 8.38. The largest absolute Gasteiger partial charge is 0.497 e. The zero-order valence-corrected chi connectivity index (χ0v) is 7.37. The third kappa shape index (κ3) is 2.31. The molecule has 1 aromatic rings. The van der Waals surface area contributed by atoms with Crippen molar-refractivity contribution in [1.29, 1.82) is 10.7 Å². The first-order valence-corrected chi connectivity index (χ1v) is 3.86. The van der Waals surface area contributed by atoms with Crippen LogP contribution in [-0.4, -0.2) is 12.8 Å². The summed E-state index contributed by atoms with van der Waals surface area (Å²) in [6.45, 7) is 0. The van der Waals surface area contributed by atoms with E-state index in [2.05, 4.69) is 0 Å². The first-order chi connectivity index (χ1) is 6.27. The summed E-state index contributed by atoms with van der Waals surface area (Å²) in [5.41, 5.74) is 1.10. The molecule has 0 aliphatic rings. The second-order valence-corrected chi connectivity index (χ2v) is 2.54. The van der Waals surface area contributed by atoms with E-state index in [-0.39, 0.29) is 6.42 Å². The van der Waals surface area contributed by atoms with Crippen molar-refractivity contribution in [3.05, 3.63) is 29.8 Å². The summed E-state index contributed by atoms with van der Waals surface area (Å²) < 4.78 is 4.97. The molecule has 13 heavy (non-hydrogen) atoms. The molecule has 0 aromatic heterocycles. The van der Waals surface area contributed by atoms with E-state index >= 15 is 0 Å². The smallest absolute Gasteiger partial charge is 0.118 e. The van der Waals surface area contributed by atoms with Gasteiger partial charge < -0.3 is 10.1 Å². The van der Waals surface area contributed by atoms with Crippen molar-refractivity contribution in [2.45, 2.75) is 6.42 Å². The van der Waals surface area contributed by atoms with Crippen LogP contribution in [0.2, 0.25) is 0 Å². The maximum Gasteiger partial charge on any atom is 0.118 e. The van der Waals surface area contributed by atoms with E-state index in [1.54, 1.807) is 31.4 Å². The normalized spacial score (nSPS) is 8.92. The number of nitrogens with zero attached hydrogens (tertiary/aromatic N) is 1. The zero-order chi connectivity index (χ0) is 9.68. The van der Waals surface area contributed by atoms with Crippen molar-refractivity contribution in [2.24, 2.45) is 0 Å². The lowest BCUT2D eigenvalue weighted by Crippen LogP contribution is -1.96. The highest BCUT2D eigenvalue weighted by Gasteiger charge is 1.99. The van der Waals surface area contributed by atoms with Gasteiger partial charge in [-0.3, -0.25) is 0 Å². The number of benzene rings is 1. The Labute approximate surface area is 77.1 Å². The zero-order valence-electron chi connectivity index (χ0n) is 7.37. The molecule has 1 rings (SSSR count). The van der Waals surface area contributed by atoms with Gasteiger partial charge in [-0.25, -0.2) is 0 Å². The summed E-state index contributed by atoms with van der Waals surface area (Å²) in [6.07, 6.45) is 0.145. The van der Waals surface area contributed by atoms with Crippen molar-refractivity contribution in [3.8, 4) is 11.8 Å². The van der Waals surface area contributed by atoms with Gasteiger partial charge in [0.25, 0.3) is 0 Å². The minimum absolute atomic E-state index is 0.145. The van der Waals surface area contributed by atoms with Crippen LogP contribution in [0.1, 0.15) is 12.0 Å². The number of hydrogen-bond acceptors (Lipinski definition) is 3. The highest BCUT2D eigenvalue weighted by atomic mass is 16.5. The van der Waals surface area contributed by atoms with Gasteiger partial charge in [0.05, 0.1) is 25.3 Å². The maximum absolute atomic E-state index is 8.38. The van der Waals surface area contributed by atoms with Gasteiger partial charge in [-0.05, 0) is 29.8 Å². The summed E-state index contributed by atoms with van der Waals surface area (Å²) in [6, 6.07) is 9.05. The second kappa shape index (κ2) is 4.27. The SMILES string of the molecule is COc1ccc(C(=N)CC#N)cc1. The molecule has 0 bridgehead atoms. The van der Waals surface area contributed by atoms with Crippen molar-refractivity contribution in [1.82, 2.24) is 0 Å². The molecule has 0 saturated carbocycles. The third-order valence-electron chi connectivity index (χ3n) is 1.69. The second-order valence-electron chi connectivity index (χ2n) is 2.54. The number of hydrogen-bond donors (Lipinski definition) is 1. The van der Waals surface area contributed by atoms with E-state index in [0.29, 0.717) is 5.71 Å². The van der Waals surface area contributed by atoms with E-state index in [0.717, 1.165) is 11.3 Å². The molecule has 0 aliphatic carbocycles. The molecule has 0 atom stereocenters. The monoisotopic (exact) mass is 174 g/mol. The summed E-state index contributed by atoms with van der Waals surface area (Å²) >= 11 is 0. The van der Waals surface area contributed by atoms with Crippen LogP contribution in [0, 0.1) is 16.7 Å². The van der Waals surface area contributed by atoms with Gasteiger partial charge in [0.15, 0.2) is 0 Å². The molecule has 3 nitrogen and oxygen atoms in total. The molecule has 1 N–H and O–H groups in total. The van der Waals surface area contributed by atoms with Gasteiger partial charge in [-0.15, -0.1) is 0 Å². The Balaban J connectivity index is 2.81. The minimum Gasteiger partial charge on any atom is -0.497 e. The molecule has 0 saturated heterocycles. The van der Waals surface area contributed by atoms with E-state index in [9.17, 15) is 0 Å². The quantitative estimate of drug-likeness (QED) is 0.712. The van der Waals surface area contributed by atoms with Gasteiger partial charge in [0.2, 0.25) is 0 Å². The topological polar surface area (TPSA) is 56.9 Å². The predicted molar refractivity (Wildman–Crippen MR) is 50.1 cm³/mol. The van der Waals surface area contributed by atoms with Gasteiger partial charge in [-0.1, -0.05) is 0 Å². The molecule has 0 heterocycles. The summed E-state index contributed by atoms with van der Waals surface area (Å²) in [4.78, 5) is 0. The first-order valence-electron chi connectivity index (χ1n) is 3.86. The number of rotatable bonds is 3. The van der Waals surface area contributed by atoms with Crippen LogP contribution < -0.4 is 4.74 Å². The summed E-state index contributed by atoms with van der Waals surface area (Å²) in [5.74, 6) is 0.758. The van der Waals surface area contributed by atoms with Crippen LogP contribution in [0.25, 0.3) is 0 Å². The standard InChI is InChI=1S/C10H10N2O/c1-13-9-4-2-8(3-5-9)10(12)6-7-11/h2-5,12H,6H2,1H3. The van der Waals surface area contributed by atoms with E-state index < -0.39 is 0 Å². The number of ether oxygens (including phenoxy) is 1. The number of nitrogens with one attached hydrogen (secondary N) is 1. The summed E-state index contributed by atoms with van der Waals surface area (Å²) in [5, 5.41) is 15.9. The fourth-order valence-electron chi connectivity index (χ4n) is 0.973. The van der Waals surface area contributed by atoms with Crippen LogP contribution in [0.5, 0.6) is 5.75 Å². The molecular weight excluding hydrogens is 164 g/mol. The van der Waals surface area contributed by atoms with Gasteiger partial charge in [-0.2, -0.15) is 5.26 Å².